The molecule has 0 saturated carbocycles. The summed E-state index contributed by atoms with van der Waals surface area (Å²) in [5.41, 5.74) is 1.62. The molecule has 0 radical (unpaired) electrons. The van der Waals surface area contributed by atoms with Crippen LogP contribution in [0, 0.1) is 12.3 Å². The summed E-state index contributed by atoms with van der Waals surface area (Å²) in [6.07, 6.45) is 10.6. The molecule has 136 valence electrons. The minimum absolute atomic E-state index is 0.109. The molecule has 0 fully saturated rings. The second-order valence-electron chi connectivity index (χ2n) is 8.37. The highest BCUT2D eigenvalue weighted by Crippen LogP contribution is 2.44. The number of terminal acetylenes is 1. The second kappa shape index (κ2) is 8.56. The minimum Gasteiger partial charge on any atom is -0.120 e. The van der Waals surface area contributed by atoms with Crippen LogP contribution in [0.25, 0.3) is 0 Å². The van der Waals surface area contributed by atoms with Gasteiger partial charge in [0.1, 0.15) is 8.07 Å². The molecule has 2 aromatic rings. The van der Waals surface area contributed by atoms with Gasteiger partial charge in [-0.2, -0.15) is 0 Å². The number of rotatable bonds is 6. The van der Waals surface area contributed by atoms with Gasteiger partial charge >= 0.3 is 0 Å². The van der Waals surface area contributed by atoms with Crippen LogP contribution in [0.2, 0.25) is 10.6 Å². The predicted octanol–water partition coefficient (Wildman–Crippen LogP) is 5.80. The van der Waals surface area contributed by atoms with Gasteiger partial charge in [0, 0.05) is 5.54 Å². The van der Waals surface area contributed by atoms with Crippen molar-refractivity contribution in [1.29, 1.82) is 0 Å². The summed E-state index contributed by atoms with van der Waals surface area (Å²) in [4.78, 5) is 0. The van der Waals surface area contributed by atoms with Gasteiger partial charge in [-0.25, -0.2) is 0 Å². The van der Waals surface area contributed by atoms with Crippen LogP contribution in [-0.4, -0.2) is 8.07 Å². The number of allylic oxidation sites excluding steroid dienone is 2. The minimum atomic E-state index is -2.22. The lowest BCUT2D eigenvalue weighted by Crippen LogP contribution is -2.67. The largest absolute Gasteiger partial charge is 0.137 e. The van der Waals surface area contributed by atoms with Gasteiger partial charge in [0.05, 0.1) is 0 Å². The van der Waals surface area contributed by atoms with Crippen LogP contribution in [0.5, 0.6) is 0 Å². The van der Waals surface area contributed by atoms with Gasteiger partial charge in [-0.05, 0) is 31.7 Å². The molecule has 2 rings (SSSR count). The molecular weight excluding hydrogens is 328 g/mol. The average molecular weight is 361 g/mol. The monoisotopic (exact) mass is 360 g/mol. The third-order valence-electron chi connectivity index (χ3n) is 5.37. The number of benzene rings is 2. The Bertz CT molecular complexity index is 714. The maximum absolute atomic E-state index is 6.21. The molecule has 1 heteroatoms. The lowest BCUT2D eigenvalue weighted by Gasteiger charge is -2.47. The van der Waals surface area contributed by atoms with Crippen molar-refractivity contribution in [2.75, 3.05) is 0 Å². The molecule has 0 bridgehead atoms. The van der Waals surface area contributed by atoms with E-state index in [-0.39, 0.29) is 10.6 Å². The Morgan fingerprint density at radius 3 is 1.77 bits per heavy atom. The highest BCUT2D eigenvalue weighted by molar-refractivity contribution is 7.05. The fraction of sp³-hybridized carbons (Fsp3) is 0.360. The zero-order valence-electron chi connectivity index (χ0n) is 16.9. The molecule has 0 heterocycles. The molecule has 2 aromatic carbocycles. The molecule has 0 saturated heterocycles. The van der Waals surface area contributed by atoms with Crippen LogP contribution >= 0.6 is 0 Å². The molecule has 1 atom stereocenters. The lowest BCUT2D eigenvalue weighted by molar-refractivity contribution is 0.700. The van der Waals surface area contributed by atoms with E-state index in [1.54, 1.807) is 0 Å². The maximum Gasteiger partial charge on any atom is 0.137 e. The van der Waals surface area contributed by atoms with E-state index in [9.17, 15) is 0 Å². The van der Waals surface area contributed by atoms with Crippen molar-refractivity contribution >= 4 is 18.4 Å². The van der Waals surface area contributed by atoms with Crippen LogP contribution < -0.4 is 10.4 Å². The van der Waals surface area contributed by atoms with Crippen LogP contribution in [0.1, 0.15) is 47.5 Å². The van der Waals surface area contributed by atoms with E-state index in [2.05, 4.69) is 107 Å². The first kappa shape index (κ1) is 20.3. The van der Waals surface area contributed by atoms with Gasteiger partial charge in [-0.3, -0.25) is 0 Å². The second-order valence-corrected chi connectivity index (χ2v) is 13.3. The lowest BCUT2D eigenvalue weighted by atomic mass is 10.2. The molecule has 0 aromatic heterocycles. The van der Waals surface area contributed by atoms with Crippen LogP contribution in [-0.2, 0) is 0 Å². The van der Waals surface area contributed by atoms with Crippen molar-refractivity contribution < 1.29 is 0 Å². The Balaban J connectivity index is 2.71. The van der Waals surface area contributed by atoms with E-state index in [0.29, 0.717) is 0 Å². The van der Waals surface area contributed by atoms with E-state index < -0.39 is 8.07 Å². The summed E-state index contributed by atoms with van der Waals surface area (Å²) < 4.78 is 0. The van der Waals surface area contributed by atoms with Crippen molar-refractivity contribution in [1.82, 2.24) is 0 Å². The fourth-order valence-corrected chi connectivity index (χ4v) is 10.5. The fourth-order valence-electron chi connectivity index (χ4n) is 4.32. The summed E-state index contributed by atoms with van der Waals surface area (Å²) >= 11 is 0. The number of hydrogen-bond acceptors (Lipinski definition) is 0. The van der Waals surface area contributed by atoms with Crippen LogP contribution in [0.4, 0.5) is 0 Å². The molecule has 26 heavy (non-hydrogen) atoms. The van der Waals surface area contributed by atoms with Crippen molar-refractivity contribution in [2.45, 2.75) is 58.0 Å². The van der Waals surface area contributed by atoms with Crippen molar-refractivity contribution in [3.8, 4) is 12.3 Å². The number of hydrogen-bond donors (Lipinski definition) is 0. The first-order valence-corrected chi connectivity index (χ1v) is 11.6. The molecule has 0 aliphatic carbocycles. The topological polar surface area (TPSA) is 0 Å². The Labute approximate surface area is 161 Å². The summed E-state index contributed by atoms with van der Waals surface area (Å²) in [5.74, 6) is 3.25. The first-order chi connectivity index (χ1) is 12.3. The van der Waals surface area contributed by atoms with Gasteiger partial charge < -0.3 is 0 Å². The highest BCUT2D eigenvalue weighted by Gasteiger charge is 2.52. The zero-order valence-corrected chi connectivity index (χ0v) is 17.9. The van der Waals surface area contributed by atoms with Gasteiger partial charge in [-0.15, -0.1) is 12.3 Å². The van der Waals surface area contributed by atoms with Gasteiger partial charge in [0.25, 0.3) is 0 Å². The van der Waals surface area contributed by atoms with E-state index >= 15 is 0 Å². The summed E-state index contributed by atoms with van der Waals surface area (Å²) in [6, 6.07) is 22.1. The van der Waals surface area contributed by atoms with Gasteiger partial charge in [-0.1, -0.05) is 103 Å². The SMILES string of the molecule is C#CC(CCC=C(C)C)[Si](c1ccccc1)(c1ccccc1)C(C)(C)C. The maximum atomic E-state index is 6.21. The summed E-state index contributed by atoms with van der Waals surface area (Å²) in [6.45, 7) is 11.5. The molecule has 0 spiro atoms. The Kier molecular flexibility index (Phi) is 6.67. The summed E-state index contributed by atoms with van der Waals surface area (Å²) in [5, 5.41) is 3.00. The molecule has 0 aliphatic heterocycles. The summed E-state index contributed by atoms with van der Waals surface area (Å²) in [7, 11) is -2.22. The zero-order chi connectivity index (χ0) is 19.2. The van der Waals surface area contributed by atoms with Crippen LogP contribution in [0.15, 0.2) is 72.3 Å². The molecule has 0 aliphatic rings. The molecular formula is C25H32Si. The molecule has 0 amide bonds. The quantitative estimate of drug-likeness (QED) is 0.347. The first-order valence-electron chi connectivity index (χ1n) is 9.54. The Hall–Kier alpha value is -2.04. The Morgan fingerprint density at radius 2 is 1.42 bits per heavy atom. The van der Waals surface area contributed by atoms with E-state index in [0.717, 1.165) is 12.8 Å². The molecule has 1 unspecified atom stereocenters. The van der Waals surface area contributed by atoms with Gasteiger partial charge in [0.15, 0.2) is 0 Å². The molecule has 0 N–H and O–H groups in total. The smallest absolute Gasteiger partial charge is 0.120 e. The van der Waals surface area contributed by atoms with Crippen molar-refractivity contribution in [3.63, 3.8) is 0 Å². The van der Waals surface area contributed by atoms with Crippen molar-refractivity contribution in [2.24, 2.45) is 0 Å². The van der Waals surface area contributed by atoms with E-state index in [1.807, 2.05) is 0 Å². The third kappa shape index (κ3) is 4.02. The standard InChI is InChI=1S/C25H32Si/c1-7-22(20-14-15-21(2)3)26(25(4,5)6,23-16-10-8-11-17-23)24-18-12-9-13-19-24/h1,8-13,15-19,22H,14,20H2,2-6H3. The Morgan fingerprint density at radius 1 is 0.962 bits per heavy atom. The van der Waals surface area contributed by atoms with Crippen LogP contribution in [0.3, 0.4) is 0 Å². The van der Waals surface area contributed by atoms with E-state index in [4.69, 9.17) is 6.42 Å². The van der Waals surface area contributed by atoms with Crippen molar-refractivity contribution in [3.05, 3.63) is 72.3 Å². The van der Waals surface area contributed by atoms with Gasteiger partial charge in [0.2, 0.25) is 0 Å². The highest BCUT2D eigenvalue weighted by atomic mass is 28.3. The van der Waals surface area contributed by atoms with E-state index in [1.165, 1.54) is 15.9 Å². The normalized spacial score (nSPS) is 12.9. The third-order valence-corrected chi connectivity index (χ3v) is 11.7. The molecule has 0 nitrogen and oxygen atoms in total. The average Bonchev–Trinajstić information content (AvgIpc) is 2.61. The predicted molar refractivity (Wildman–Crippen MR) is 119 cm³/mol.